The van der Waals surface area contributed by atoms with Gasteiger partial charge in [-0.2, -0.15) is 0 Å². The van der Waals surface area contributed by atoms with Gasteiger partial charge in [0.15, 0.2) is 4.96 Å². The van der Waals surface area contributed by atoms with Gasteiger partial charge in [-0.15, -0.1) is 11.3 Å². The van der Waals surface area contributed by atoms with Crippen LogP contribution in [0.2, 0.25) is 0 Å². The number of hydrogen-bond donors (Lipinski definition) is 1. The Morgan fingerprint density at radius 2 is 2.10 bits per heavy atom. The van der Waals surface area contributed by atoms with Gasteiger partial charge in [0.2, 0.25) is 0 Å². The third-order valence-electron chi connectivity index (χ3n) is 3.27. The van der Waals surface area contributed by atoms with E-state index in [4.69, 9.17) is 0 Å². The van der Waals surface area contributed by atoms with E-state index in [1.54, 1.807) is 11.3 Å². The van der Waals surface area contributed by atoms with E-state index in [9.17, 15) is 8.78 Å². The van der Waals surface area contributed by atoms with E-state index in [-0.39, 0.29) is 5.69 Å². The fourth-order valence-corrected chi connectivity index (χ4v) is 3.74. The summed E-state index contributed by atoms with van der Waals surface area (Å²) in [5.41, 5.74) is 3.21. The Morgan fingerprint density at radius 1 is 1.33 bits per heavy atom. The molecule has 3 rings (SSSR count). The molecule has 1 aromatic carbocycles. The first kappa shape index (κ1) is 14.5. The molecular formula is C14H12BrF2N3S. The highest BCUT2D eigenvalue weighted by Gasteiger charge is 2.14. The monoisotopic (exact) mass is 371 g/mol. The first-order chi connectivity index (χ1) is 9.97. The average Bonchev–Trinajstić information content (AvgIpc) is 2.89. The fourth-order valence-electron chi connectivity index (χ4n) is 2.26. The molecule has 3 aromatic rings. The zero-order valence-electron chi connectivity index (χ0n) is 11.4. The minimum Gasteiger partial charge on any atom is -0.376 e. The molecule has 3 nitrogen and oxygen atoms in total. The number of nitrogens with one attached hydrogen (secondary N) is 1. The molecule has 0 aliphatic heterocycles. The van der Waals surface area contributed by atoms with Crippen LogP contribution in [-0.2, 0) is 6.54 Å². The highest BCUT2D eigenvalue weighted by atomic mass is 79.9. The van der Waals surface area contributed by atoms with Crippen LogP contribution >= 0.6 is 27.3 Å². The van der Waals surface area contributed by atoms with E-state index >= 15 is 0 Å². The number of anilines is 1. The van der Waals surface area contributed by atoms with Crippen molar-refractivity contribution in [2.75, 3.05) is 5.32 Å². The van der Waals surface area contributed by atoms with Crippen molar-refractivity contribution in [1.29, 1.82) is 0 Å². The average molecular weight is 372 g/mol. The van der Waals surface area contributed by atoms with E-state index in [1.807, 2.05) is 23.6 Å². The number of aromatic nitrogens is 2. The third-order valence-corrected chi connectivity index (χ3v) is 4.84. The van der Waals surface area contributed by atoms with Crippen LogP contribution in [0.4, 0.5) is 14.5 Å². The van der Waals surface area contributed by atoms with Gasteiger partial charge < -0.3 is 5.32 Å². The second-order valence-electron chi connectivity index (χ2n) is 4.74. The molecule has 0 aliphatic carbocycles. The van der Waals surface area contributed by atoms with Gasteiger partial charge in [-0.3, -0.25) is 4.40 Å². The number of imidazole rings is 1. The van der Waals surface area contributed by atoms with Crippen LogP contribution in [0.15, 0.2) is 22.0 Å². The minimum atomic E-state index is -0.623. The van der Waals surface area contributed by atoms with Gasteiger partial charge in [-0.1, -0.05) is 0 Å². The predicted octanol–water partition coefficient (Wildman–Crippen LogP) is 4.67. The first-order valence-corrected chi connectivity index (χ1v) is 7.95. The Labute approximate surface area is 132 Å². The molecule has 0 aliphatic rings. The predicted molar refractivity (Wildman–Crippen MR) is 83.9 cm³/mol. The van der Waals surface area contributed by atoms with E-state index in [2.05, 4.69) is 26.2 Å². The van der Waals surface area contributed by atoms with Crippen molar-refractivity contribution in [3.63, 3.8) is 0 Å². The molecule has 0 saturated carbocycles. The number of thiazole rings is 1. The Kier molecular flexibility index (Phi) is 3.71. The fraction of sp³-hybridized carbons (Fsp3) is 0.214. The van der Waals surface area contributed by atoms with Crippen molar-refractivity contribution in [2.45, 2.75) is 20.4 Å². The normalized spacial score (nSPS) is 11.3. The highest BCUT2D eigenvalue weighted by Crippen LogP contribution is 2.28. The third kappa shape index (κ3) is 2.55. The van der Waals surface area contributed by atoms with Crippen LogP contribution in [0.25, 0.3) is 4.96 Å². The van der Waals surface area contributed by atoms with Gasteiger partial charge in [0.25, 0.3) is 0 Å². The number of fused-ring (bicyclic) bond motifs is 1. The van der Waals surface area contributed by atoms with Crippen molar-refractivity contribution in [1.82, 2.24) is 9.38 Å². The first-order valence-electron chi connectivity index (χ1n) is 6.28. The molecule has 0 amide bonds. The topological polar surface area (TPSA) is 29.3 Å². The van der Waals surface area contributed by atoms with Crippen LogP contribution in [0.1, 0.15) is 17.1 Å². The summed E-state index contributed by atoms with van der Waals surface area (Å²) >= 11 is 4.74. The molecule has 0 saturated heterocycles. The molecule has 2 aromatic heterocycles. The number of aryl methyl sites for hydroxylation is 2. The summed E-state index contributed by atoms with van der Waals surface area (Å²) in [5, 5.41) is 5.04. The molecule has 0 spiro atoms. The number of rotatable bonds is 3. The molecule has 1 N–H and O–H groups in total. The van der Waals surface area contributed by atoms with Crippen molar-refractivity contribution in [3.05, 3.63) is 50.7 Å². The summed E-state index contributed by atoms with van der Waals surface area (Å²) in [6, 6.07) is 2.10. The van der Waals surface area contributed by atoms with Gasteiger partial charge in [0, 0.05) is 21.6 Å². The van der Waals surface area contributed by atoms with E-state index in [0.29, 0.717) is 11.0 Å². The van der Waals surface area contributed by atoms with Crippen LogP contribution in [0.3, 0.4) is 0 Å². The zero-order chi connectivity index (χ0) is 15.1. The summed E-state index contributed by atoms with van der Waals surface area (Å²) in [6.45, 7) is 4.33. The molecule has 0 fully saturated rings. The maximum Gasteiger partial charge on any atom is 0.194 e. The lowest BCUT2D eigenvalue weighted by Gasteiger charge is -2.10. The molecule has 7 heteroatoms. The summed E-state index contributed by atoms with van der Waals surface area (Å²) in [4.78, 5) is 5.40. The summed E-state index contributed by atoms with van der Waals surface area (Å²) in [6.07, 6.45) is 0. The quantitative estimate of drug-likeness (QED) is 0.724. The molecule has 110 valence electrons. The second-order valence-corrected chi connectivity index (χ2v) is 6.43. The van der Waals surface area contributed by atoms with E-state index < -0.39 is 11.6 Å². The summed E-state index contributed by atoms with van der Waals surface area (Å²) in [7, 11) is 0. The van der Waals surface area contributed by atoms with Gasteiger partial charge >= 0.3 is 0 Å². The molecule has 0 radical (unpaired) electrons. The van der Waals surface area contributed by atoms with Crippen molar-refractivity contribution in [2.24, 2.45) is 0 Å². The van der Waals surface area contributed by atoms with Crippen molar-refractivity contribution < 1.29 is 8.78 Å². The SMILES string of the molecule is Cc1nc2scc(C)n2c1CNc1c(F)cc(F)cc1Br. The lowest BCUT2D eigenvalue weighted by atomic mass is 10.2. The smallest absolute Gasteiger partial charge is 0.194 e. The lowest BCUT2D eigenvalue weighted by molar-refractivity contribution is 0.583. The van der Waals surface area contributed by atoms with Gasteiger partial charge in [0.05, 0.1) is 23.6 Å². The van der Waals surface area contributed by atoms with Gasteiger partial charge in [-0.25, -0.2) is 13.8 Å². The number of halogens is 3. The second kappa shape index (κ2) is 5.38. The van der Waals surface area contributed by atoms with E-state index in [1.165, 1.54) is 6.07 Å². The number of hydrogen-bond acceptors (Lipinski definition) is 3. The van der Waals surface area contributed by atoms with Crippen LogP contribution in [0, 0.1) is 25.5 Å². The maximum absolute atomic E-state index is 13.8. The van der Waals surface area contributed by atoms with Crippen molar-refractivity contribution >= 4 is 37.9 Å². The maximum atomic E-state index is 13.8. The Balaban J connectivity index is 1.94. The number of benzene rings is 1. The van der Waals surface area contributed by atoms with Crippen LogP contribution < -0.4 is 5.32 Å². The van der Waals surface area contributed by atoms with Crippen LogP contribution in [-0.4, -0.2) is 9.38 Å². The van der Waals surface area contributed by atoms with E-state index in [0.717, 1.165) is 28.1 Å². The highest BCUT2D eigenvalue weighted by molar-refractivity contribution is 9.10. The molecule has 21 heavy (non-hydrogen) atoms. The van der Waals surface area contributed by atoms with Crippen molar-refractivity contribution in [3.8, 4) is 0 Å². The molecular weight excluding hydrogens is 360 g/mol. The summed E-state index contributed by atoms with van der Waals surface area (Å²) in [5.74, 6) is -1.23. The largest absolute Gasteiger partial charge is 0.376 e. The Morgan fingerprint density at radius 3 is 2.81 bits per heavy atom. The lowest BCUT2D eigenvalue weighted by Crippen LogP contribution is -2.07. The zero-order valence-corrected chi connectivity index (χ0v) is 13.8. The molecule has 0 unspecified atom stereocenters. The minimum absolute atomic E-state index is 0.249. The standard InChI is InChI=1S/C14H12BrF2N3S/c1-7-6-21-14-19-8(2)12(20(7)14)5-18-13-10(15)3-9(16)4-11(13)17/h3-4,6,18H,5H2,1-2H3. The van der Waals surface area contributed by atoms with Gasteiger partial charge in [-0.05, 0) is 35.8 Å². The molecule has 0 bridgehead atoms. The van der Waals surface area contributed by atoms with Crippen LogP contribution in [0.5, 0.6) is 0 Å². The Hall–Kier alpha value is -1.47. The molecule has 2 heterocycles. The molecule has 0 atom stereocenters. The van der Waals surface area contributed by atoms with Gasteiger partial charge in [0.1, 0.15) is 11.6 Å². The summed E-state index contributed by atoms with van der Waals surface area (Å²) < 4.78 is 29.3. The number of nitrogens with zero attached hydrogens (tertiary/aromatic N) is 2. The Bertz CT molecular complexity index is 802.